The first-order chi connectivity index (χ1) is 9.29. The molecule has 2 aromatic rings. The number of para-hydroxylation sites is 1. The van der Waals surface area contributed by atoms with Crippen LogP contribution in [0.15, 0.2) is 23.6 Å². The van der Waals surface area contributed by atoms with Crippen LogP contribution in [-0.2, 0) is 6.42 Å². The van der Waals surface area contributed by atoms with Crippen molar-refractivity contribution in [2.24, 2.45) is 0 Å². The summed E-state index contributed by atoms with van der Waals surface area (Å²) in [4.78, 5) is 4.61. The first-order valence-corrected chi connectivity index (χ1v) is 7.51. The average Bonchev–Trinajstić information content (AvgIpc) is 2.86. The fraction of sp³-hybridized carbons (Fsp3) is 0.400. The minimum atomic E-state index is 0.109. The molecule has 0 spiro atoms. The Hall–Kier alpha value is -1.39. The lowest BCUT2D eigenvalue weighted by molar-refractivity contribution is 0.283. The minimum Gasteiger partial charge on any atom is -0.493 e. The maximum atomic E-state index is 5.90. The molecule has 1 aromatic carbocycles. The molecule has 3 rings (SSSR count). The minimum absolute atomic E-state index is 0.109. The third-order valence-electron chi connectivity index (χ3n) is 3.50. The van der Waals surface area contributed by atoms with Crippen LogP contribution in [-0.4, -0.2) is 18.6 Å². The normalized spacial score (nSPS) is 15.7. The predicted octanol–water partition coefficient (Wildman–Crippen LogP) is 3.09. The molecule has 1 aliphatic rings. The van der Waals surface area contributed by atoms with Crippen molar-refractivity contribution < 1.29 is 4.74 Å². The van der Waals surface area contributed by atoms with E-state index in [0.717, 1.165) is 35.9 Å². The molecule has 0 aliphatic carbocycles. The van der Waals surface area contributed by atoms with Crippen LogP contribution in [0.3, 0.4) is 0 Å². The Morgan fingerprint density at radius 1 is 1.42 bits per heavy atom. The van der Waals surface area contributed by atoms with Gasteiger partial charge in [0.25, 0.3) is 0 Å². The molecule has 3 nitrogen and oxygen atoms in total. The summed E-state index contributed by atoms with van der Waals surface area (Å²) in [6.07, 6.45) is 2.21. The second-order valence-electron chi connectivity index (χ2n) is 4.80. The molecule has 1 unspecified atom stereocenters. The maximum Gasteiger partial charge on any atom is 0.127 e. The van der Waals surface area contributed by atoms with Crippen LogP contribution < -0.4 is 10.1 Å². The van der Waals surface area contributed by atoms with E-state index >= 15 is 0 Å². The number of aromatic nitrogens is 1. The highest BCUT2D eigenvalue weighted by Crippen LogP contribution is 2.35. The Labute approximate surface area is 117 Å². The summed E-state index contributed by atoms with van der Waals surface area (Å²) in [5, 5.41) is 6.58. The van der Waals surface area contributed by atoms with Crippen molar-refractivity contribution in [3.63, 3.8) is 0 Å². The molecule has 0 fully saturated rings. The third-order valence-corrected chi connectivity index (χ3v) is 4.29. The highest BCUT2D eigenvalue weighted by atomic mass is 32.1. The van der Waals surface area contributed by atoms with Crippen LogP contribution in [0.4, 0.5) is 0 Å². The van der Waals surface area contributed by atoms with E-state index in [0.29, 0.717) is 0 Å². The molecule has 0 saturated carbocycles. The number of aryl methyl sites for hydroxylation is 2. The van der Waals surface area contributed by atoms with E-state index in [1.807, 2.05) is 14.0 Å². The van der Waals surface area contributed by atoms with Gasteiger partial charge >= 0.3 is 0 Å². The van der Waals surface area contributed by atoms with Gasteiger partial charge in [-0.1, -0.05) is 18.2 Å². The second-order valence-corrected chi connectivity index (χ2v) is 5.86. The standard InChI is InChI=1S/C15H18N2OS/c1-10-17-13(9-19-10)14(16-2)12-7-3-5-11-6-4-8-18-15(11)12/h3,5,7,9,14,16H,4,6,8H2,1-2H3. The third kappa shape index (κ3) is 2.38. The molecule has 1 aromatic heterocycles. The summed E-state index contributed by atoms with van der Waals surface area (Å²) in [6.45, 7) is 2.86. The van der Waals surface area contributed by atoms with Crippen molar-refractivity contribution in [3.05, 3.63) is 45.4 Å². The monoisotopic (exact) mass is 274 g/mol. The van der Waals surface area contributed by atoms with E-state index in [-0.39, 0.29) is 6.04 Å². The van der Waals surface area contributed by atoms with Crippen molar-refractivity contribution in [3.8, 4) is 5.75 Å². The largest absolute Gasteiger partial charge is 0.493 e. The first-order valence-electron chi connectivity index (χ1n) is 6.63. The fourth-order valence-electron chi connectivity index (χ4n) is 2.62. The number of benzene rings is 1. The molecule has 1 aliphatic heterocycles. The Bertz CT molecular complexity index is 579. The zero-order valence-electron chi connectivity index (χ0n) is 11.3. The van der Waals surface area contributed by atoms with Gasteiger partial charge in [0.05, 0.1) is 23.4 Å². The van der Waals surface area contributed by atoms with Gasteiger partial charge in [-0.3, -0.25) is 0 Å². The number of ether oxygens (including phenoxy) is 1. The van der Waals surface area contributed by atoms with Crippen LogP contribution in [0, 0.1) is 6.92 Å². The second kappa shape index (κ2) is 5.31. The van der Waals surface area contributed by atoms with Gasteiger partial charge in [0, 0.05) is 10.9 Å². The summed E-state index contributed by atoms with van der Waals surface area (Å²) < 4.78 is 5.90. The molecule has 4 heteroatoms. The molecule has 1 atom stereocenters. The Morgan fingerprint density at radius 2 is 2.32 bits per heavy atom. The van der Waals surface area contributed by atoms with Gasteiger partial charge in [0.2, 0.25) is 0 Å². The van der Waals surface area contributed by atoms with Crippen molar-refractivity contribution in [2.75, 3.05) is 13.7 Å². The molecular weight excluding hydrogens is 256 g/mol. The summed E-state index contributed by atoms with van der Waals surface area (Å²) in [5.41, 5.74) is 3.59. The van der Waals surface area contributed by atoms with E-state index in [4.69, 9.17) is 4.74 Å². The summed E-state index contributed by atoms with van der Waals surface area (Å²) in [7, 11) is 1.97. The van der Waals surface area contributed by atoms with Crippen LogP contribution in [0.5, 0.6) is 5.75 Å². The molecule has 2 heterocycles. The lowest BCUT2D eigenvalue weighted by Crippen LogP contribution is -2.21. The average molecular weight is 274 g/mol. The van der Waals surface area contributed by atoms with E-state index in [1.165, 1.54) is 11.1 Å². The van der Waals surface area contributed by atoms with Gasteiger partial charge in [-0.05, 0) is 32.4 Å². The molecule has 1 N–H and O–H groups in total. The molecule has 19 heavy (non-hydrogen) atoms. The van der Waals surface area contributed by atoms with E-state index < -0.39 is 0 Å². The van der Waals surface area contributed by atoms with Crippen molar-refractivity contribution >= 4 is 11.3 Å². The smallest absolute Gasteiger partial charge is 0.127 e. The number of nitrogens with zero attached hydrogens (tertiary/aromatic N) is 1. The van der Waals surface area contributed by atoms with Gasteiger partial charge in [-0.25, -0.2) is 4.98 Å². The van der Waals surface area contributed by atoms with Gasteiger partial charge in [0.15, 0.2) is 0 Å². The molecule has 0 radical (unpaired) electrons. The Balaban J connectivity index is 2.04. The summed E-state index contributed by atoms with van der Waals surface area (Å²) in [5.74, 6) is 1.05. The Morgan fingerprint density at radius 3 is 3.05 bits per heavy atom. The van der Waals surface area contributed by atoms with Crippen LogP contribution in [0.25, 0.3) is 0 Å². The molecule has 0 amide bonds. The topological polar surface area (TPSA) is 34.2 Å². The number of nitrogens with one attached hydrogen (secondary N) is 1. The van der Waals surface area contributed by atoms with E-state index in [2.05, 4.69) is 33.9 Å². The lowest BCUT2D eigenvalue weighted by atomic mass is 9.97. The van der Waals surface area contributed by atoms with Crippen LogP contribution in [0.1, 0.15) is 34.3 Å². The number of hydrogen-bond donors (Lipinski definition) is 1. The number of hydrogen-bond acceptors (Lipinski definition) is 4. The Kier molecular flexibility index (Phi) is 3.53. The molecular formula is C15H18N2OS. The molecule has 0 bridgehead atoms. The highest BCUT2D eigenvalue weighted by molar-refractivity contribution is 7.09. The molecule has 0 saturated heterocycles. The number of fused-ring (bicyclic) bond motifs is 1. The van der Waals surface area contributed by atoms with Crippen LogP contribution in [0.2, 0.25) is 0 Å². The predicted molar refractivity (Wildman–Crippen MR) is 78.0 cm³/mol. The lowest BCUT2D eigenvalue weighted by Gasteiger charge is -2.24. The van der Waals surface area contributed by atoms with Crippen molar-refractivity contribution in [1.82, 2.24) is 10.3 Å². The molecule has 100 valence electrons. The number of rotatable bonds is 3. The van der Waals surface area contributed by atoms with Crippen molar-refractivity contribution in [2.45, 2.75) is 25.8 Å². The summed E-state index contributed by atoms with van der Waals surface area (Å²) >= 11 is 1.69. The van der Waals surface area contributed by atoms with Crippen molar-refractivity contribution in [1.29, 1.82) is 0 Å². The zero-order chi connectivity index (χ0) is 13.2. The SMILES string of the molecule is CNC(c1csc(C)n1)c1cccc2c1OCCC2. The summed E-state index contributed by atoms with van der Waals surface area (Å²) in [6, 6.07) is 6.53. The highest BCUT2D eigenvalue weighted by Gasteiger charge is 2.22. The van der Waals surface area contributed by atoms with Gasteiger partial charge in [-0.15, -0.1) is 11.3 Å². The quantitative estimate of drug-likeness (QED) is 0.934. The first kappa shape index (κ1) is 12.6. The van der Waals surface area contributed by atoms with Gasteiger partial charge < -0.3 is 10.1 Å². The van der Waals surface area contributed by atoms with Crippen LogP contribution >= 0.6 is 11.3 Å². The van der Waals surface area contributed by atoms with Gasteiger partial charge in [0.1, 0.15) is 5.75 Å². The van der Waals surface area contributed by atoms with E-state index in [1.54, 1.807) is 11.3 Å². The zero-order valence-corrected chi connectivity index (χ0v) is 12.1. The van der Waals surface area contributed by atoms with E-state index in [9.17, 15) is 0 Å². The number of thiazole rings is 1. The maximum absolute atomic E-state index is 5.90. The van der Waals surface area contributed by atoms with Gasteiger partial charge in [-0.2, -0.15) is 0 Å². The fourth-order valence-corrected chi connectivity index (χ4v) is 3.26.